The molecule has 0 saturated heterocycles. The van der Waals surface area contributed by atoms with Gasteiger partial charge in [0.2, 0.25) is 0 Å². The lowest BCUT2D eigenvalue weighted by atomic mass is 10.1. The SMILES string of the molecule is CC(C)c1cc(C(=O)N(CC(F)(F)F)C(C)C)cc(Cl)n1. The standard InChI is InChI=1S/C14H18ClF3N2O/c1-8(2)11-5-10(6-12(15)19-11)13(21)20(9(3)4)7-14(16,17)18/h5-6,8-9H,7H2,1-4H3. The van der Waals surface area contributed by atoms with Crippen LogP contribution in [0.25, 0.3) is 0 Å². The van der Waals surface area contributed by atoms with Crippen LogP contribution < -0.4 is 0 Å². The second kappa shape index (κ2) is 6.64. The molecule has 1 amide bonds. The van der Waals surface area contributed by atoms with E-state index in [1.807, 2.05) is 13.8 Å². The molecule has 1 rings (SSSR count). The number of nitrogens with zero attached hydrogens (tertiary/aromatic N) is 2. The van der Waals surface area contributed by atoms with Crippen molar-refractivity contribution in [3.8, 4) is 0 Å². The van der Waals surface area contributed by atoms with E-state index in [0.29, 0.717) is 5.69 Å². The smallest absolute Gasteiger partial charge is 0.327 e. The molecule has 3 nitrogen and oxygen atoms in total. The maximum atomic E-state index is 12.6. The van der Waals surface area contributed by atoms with Crippen LogP contribution in [0.15, 0.2) is 12.1 Å². The minimum absolute atomic E-state index is 0.0189. The van der Waals surface area contributed by atoms with Gasteiger partial charge in [0, 0.05) is 17.3 Å². The van der Waals surface area contributed by atoms with E-state index in [4.69, 9.17) is 11.6 Å². The summed E-state index contributed by atoms with van der Waals surface area (Å²) >= 11 is 5.85. The Bertz CT molecular complexity index is 515. The maximum Gasteiger partial charge on any atom is 0.406 e. The minimum atomic E-state index is -4.45. The van der Waals surface area contributed by atoms with E-state index < -0.39 is 24.7 Å². The van der Waals surface area contributed by atoms with Gasteiger partial charge in [-0.15, -0.1) is 0 Å². The van der Waals surface area contributed by atoms with Gasteiger partial charge in [0.05, 0.1) is 0 Å². The van der Waals surface area contributed by atoms with E-state index in [2.05, 4.69) is 4.98 Å². The molecule has 118 valence electrons. The number of aromatic nitrogens is 1. The molecule has 0 aliphatic rings. The Labute approximate surface area is 127 Å². The molecule has 0 saturated carbocycles. The van der Waals surface area contributed by atoms with Crippen molar-refractivity contribution in [2.45, 2.75) is 45.8 Å². The average molecular weight is 323 g/mol. The summed E-state index contributed by atoms with van der Waals surface area (Å²) in [6.45, 7) is 5.51. The summed E-state index contributed by atoms with van der Waals surface area (Å²) in [6, 6.07) is 2.21. The third-order valence-electron chi connectivity index (χ3n) is 2.89. The van der Waals surface area contributed by atoms with Gasteiger partial charge in [-0.05, 0) is 31.9 Å². The van der Waals surface area contributed by atoms with Gasteiger partial charge in [-0.3, -0.25) is 4.79 Å². The molecule has 21 heavy (non-hydrogen) atoms. The van der Waals surface area contributed by atoms with Crippen LogP contribution in [0.1, 0.15) is 49.7 Å². The molecule has 0 aliphatic heterocycles. The number of hydrogen-bond donors (Lipinski definition) is 0. The normalized spacial score (nSPS) is 12.1. The number of amides is 1. The van der Waals surface area contributed by atoms with Crippen LogP contribution in [0.4, 0.5) is 13.2 Å². The van der Waals surface area contributed by atoms with Crippen LogP contribution in [0.2, 0.25) is 5.15 Å². The van der Waals surface area contributed by atoms with E-state index >= 15 is 0 Å². The van der Waals surface area contributed by atoms with Crippen molar-refractivity contribution in [3.63, 3.8) is 0 Å². The minimum Gasteiger partial charge on any atom is -0.327 e. The van der Waals surface area contributed by atoms with E-state index in [1.54, 1.807) is 0 Å². The van der Waals surface area contributed by atoms with Crippen LogP contribution in [-0.2, 0) is 0 Å². The first kappa shape index (κ1) is 17.8. The van der Waals surface area contributed by atoms with Crippen molar-refractivity contribution >= 4 is 17.5 Å². The van der Waals surface area contributed by atoms with Gasteiger partial charge in [0.15, 0.2) is 0 Å². The lowest BCUT2D eigenvalue weighted by molar-refractivity contribution is -0.143. The van der Waals surface area contributed by atoms with Crippen molar-refractivity contribution in [2.75, 3.05) is 6.54 Å². The Balaban J connectivity index is 3.15. The molecule has 0 bridgehead atoms. The number of halogens is 4. The second-order valence-corrected chi connectivity index (χ2v) is 5.79. The predicted molar refractivity (Wildman–Crippen MR) is 75.6 cm³/mol. The van der Waals surface area contributed by atoms with Crippen molar-refractivity contribution in [3.05, 3.63) is 28.5 Å². The lowest BCUT2D eigenvalue weighted by Crippen LogP contribution is -2.43. The van der Waals surface area contributed by atoms with Crippen LogP contribution in [0, 0.1) is 0 Å². The average Bonchev–Trinajstić information content (AvgIpc) is 2.33. The highest BCUT2D eigenvalue weighted by molar-refractivity contribution is 6.29. The fourth-order valence-electron chi connectivity index (χ4n) is 1.78. The number of rotatable bonds is 4. The van der Waals surface area contributed by atoms with Crippen LogP contribution in [-0.4, -0.2) is 34.6 Å². The summed E-state index contributed by atoms with van der Waals surface area (Å²) in [4.78, 5) is 17.2. The lowest BCUT2D eigenvalue weighted by Gasteiger charge is -2.28. The Morgan fingerprint density at radius 2 is 1.86 bits per heavy atom. The fourth-order valence-corrected chi connectivity index (χ4v) is 2.00. The first-order valence-corrected chi connectivity index (χ1v) is 6.94. The molecule has 7 heteroatoms. The van der Waals surface area contributed by atoms with Gasteiger partial charge in [-0.2, -0.15) is 13.2 Å². The van der Waals surface area contributed by atoms with Gasteiger partial charge in [-0.1, -0.05) is 25.4 Å². The number of carbonyl (C=O) groups is 1. The van der Waals surface area contributed by atoms with Crippen LogP contribution in [0.5, 0.6) is 0 Å². The van der Waals surface area contributed by atoms with Gasteiger partial charge in [0.1, 0.15) is 11.7 Å². The summed E-state index contributed by atoms with van der Waals surface area (Å²) in [7, 11) is 0. The first-order chi connectivity index (χ1) is 9.51. The third-order valence-corrected chi connectivity index (χ3v) is 3.08. The Kier molecular flexibility index (Phi) is 5.61. The first-order valence-electron chi connectivity index (χ1n) is 6.56. The van der Waals surface area contributed by atoms with E-state index in [-0.39, 0.29) is 16.6 Å². The van der Waals surface area contributed by atoms with Gasteiger partial charge in [0.25, 0.3) is 5.91 Å². The molecule has 0 N–H and O–H groups in total. The second-order valence-electron chi connectivity index (χ2n) is 5.40. The fraction of sp³-hybridized carbons (Fsp3) is 0.571. The molecule has 1 heterocycles. The molecular formula is C14H18ClF3N2O. The summed E-state index contributed by atoms with van der Waals surface area (Å²) in [5, 5.41) is 0.0975. The summed E-state index contributed by atoms with van der Waals surface area (Å²) in [5.41, 5.74) is 0.693. The highest BCUT2D eigenvalue weighted by Crippen LogP contribution is 2.23. The molecular weight excluding hydrogens is 305 g/mol. The molecule has 0 radical (unpaired) electrons. The predicted octanol–water partition coefficient (Wildman–Crippen LogP) is 4.27. The molecule has 0 atom stereocenters. The van der Waals surface area contributed by atoms with Crippen molar-refractivity contribution < 1.29 is 18.0 Å². The van der Waals surface area contributed by atoms with Gasteiger partial charge in [-0.25, -0.2) is 4.98 Å². The van der Waals surface area contributed by atoms with Crippen LogP contribution in [0.3, 0.4) is 0 Å². The van der Waals surface area contributed by atoms with Crippen molar-refractivity contribution in [2.24, 2.45) is 0 Å². The van der Waals surface area contributed by atoms with E-state index in [9.17, 15) is 18.0 Å². The zero-order valence-electron chi connectivity index (χ0n) is 12.3. The van der Waals surface area contributed by atoms with Crippen LogP contribution >= 0.6 is 11.6 Å². The Hall–Kier alpha value is -1.30. The summed E-state index contributed by atoms with van der Waals surface area (Å²) < 4.78 is 37.8. The number of alkyl halides is 3. The highest BCUT2D eigenvalue weighted by atomic mass is 35.5. The largest absolute Gasteiger partial charge is 0.406 e. The van der Waals surface area contributed by atoms with E-state index in [0.717, 1.165) is 4.90 Å². The molecule has 1 aromatic heterocycles. The number of carbonyl (C=O) groups excluding carboxylic acids is 1. The van der Waals surface area contributed by atoms with E-state index in [1.165, 1.54) is 26.0 Å². The molecule has 0 aliphatic carbocycles. The quantitative estimate of drug-likeness (QED) is 0.775. The topological polar surface area (TPSA) is 33.2 Å². The Morgan fingerprint density at radius 1 is 1.29 bits per heavy atom. The van der Waals surface area contributed by atoms with Gasteiger partial charge >= 0.3 is 6.18 Å². The summed E-state index contributed by atoms with van der Waals surface area (Å²) in [6.07, 6.45) is -4.45. The number of hydrogen-bond acceptors (Lipinski definition) is 2. The zero-order chi connectivity index (χ0) is 16.4. The highest BCUT2D eigenvalue weighted by Gasteiger charge is 2.34. The van der Waals surface area contributed by atoms with Crippen molar-refractivity contribution in [1.29, 1.82) is 0 Å². The molecule has 0 unspecified atom stereocenters. The number of pyridine rings is 1. The van der Waals surface area contributed by atoms with Gasteiger partial charge < -0.3 is 4.90 Å². The van der Waals surface area contributed by atoms with Crippen molar-refractivity contribution in [1.82, 2.24) is 9.88 Å². The molecule has 1 aromatic rings. The molecule has 0 spiro atoms. The third kappa shape index (κ3) is 5.19. The molecule has 0 fully saturated rings. The summed E-state index contributed by atoms with van der Waals surface area (Å²) in [5.74, 6) is -0.682. The monoisotopic (exact) mass is 322 g/mol. The Morgan fingerprint density at radius 3 is 2.29 bits per heavy atom. The maximum absolute atomic E-state index is 12.6. The zero-order valence-corrected chi connectivity index (χ0v) is 13.1. The molecule has 0 aromatic carbocycles.